The predicted octanol–water partition coefficient (Wildman–Crippen LogP) is 1.07. The van der Waals surface area contributed by atoms with Crippen LogP contribution in [-0.2, 0) is 0 Å². The van der Waals surface area contributed by atoms with E-state index in [2.05, 4.69) is 11.8 Å². The summed E-state index contributed by atoms with van der Waals surface area (Å²) in [6.07, 6.45) is 3.22. The maximum absolute atomic E-state index is 9.87. The van der Waals surface area contributed by atoms with Crippen LogP contribution < -0.4 is 0 Å². The Morgan fingerprint density at radius 1 is 1.42 bits per heavy atom. The van der Waals surface area contributed by atoms with Gasteiger partial charge in [-0.05, 0) is 19.8 Å². The van der Waals surface area contributed by atoms with E-state index in [1.54, 1.807) is 6.92 Å². The van der Waals surface area contributed by atoms with Gasteiger partial charge in [0.15, 0.2) is 0 Å². The van der Waals surface area contributed by atoms with Crippen LogP contribution in [0.2, 0.25) is 0 Å². The van der Waals surface area contributed by atoms with Crippen molar-refractivity contribution in [3.8, 4) is 11.8 Å². The molecule has 12 heavy (non-hydrogen) atoms. The van der Waals surface area contributed by atoms with E-state index in [1.165, 1.54) is 0 Å². The Labute approximate surface area is 73.6 Å². The lowest BCUT2D eigenvalue weighted by Gasteiger charge is -2.26. The van der Waals surface area contributed by atoms with E-state index in [-0.39, 0.29) is 0 Å². The molecule has 0 aromatic heterocycles. The van der Waals surface area contributed by atoms with Crippen LogP contribution in [0.4, 0.5) is 0 Å². The molecule has 2 nitrogen and oxygen atoms in total. The Balaban J connectivity index is 2.47. The van der Waals surface area contributed by atoms with Gasteiger partial charge in [0, 0.05) is 6.42 Å². The van der Waals surface area contributed by atoms with Gasteiger partial charge in [-0.1, -0.05) is 12.8 Å². The van der Waals surface area contributed by atoms with Gasteiger partial charge >= 0.3 is 0 Å². The van der Waals surface area contributed by atoms with Crippen molar-refractivity contribution in [3.05, 3.63) is 0 Å². The fraction of sp³-hybridized carbons (Fsp3) is 0.800. The molecule has 68 valence electrons. The van der Waals surface area contributed by atoms with E-state index >= 15 is 0 Å². The monoisotopic (exact) mass is 168 g/mol. The highest BCUT2D eigenvalue weighted by atomic mass is 16.3. The summed E-state index contributed by atoms with van der Waals surface area (Å²) in [6, 6.07) is 0. The van der Waals surface area contributed by atoms with Crippen LogP contribution in [0.1, 0.15) is 39.0 Å². The SMILES string of the molecule is CC#CCC(O)C1(O)CCCC1. The Morgan fingerprint density at radius 3 is 2.50 bits per heavy atom. The molecular weight excluding hydrogens is 152 g/mol. The fourth-order valence-corrected chi connectivity index (χ4v) is 1.71. The zero-order valence-electron chi connectivity index (χ0n) is 7.51. The van der Waals surface area contributed by atoms with Crippen molar-refractivity contribution in [1.82, 2.24) is 0 Å². The largest absolute Gasteiger partial charge is 0.389 e. The molecule has 0 amide bonds. The average Bonchev–Trinajstić information content (AvgIpc) is 2.49. The molecule has 1 aliphatic carbocycles. The number of hydrogen-bond donors (Lipinski definition) is 2. The third-order valence-electron chi connectivity index (χ3n) is 2.56. The van der Waals surface area contributed by atoms with E-state index in [4.69, 9.17) is 0 Å². The summed E-state index contributed by atoms with van der Waals surface area (Å²) in [5.74, 6) is 5.51. The summed E-state index contributed by atoms with van der Waals surface area (Å²) in [5.41, 5.74) is -0.843. The van der Waals surface area contributed by atoms with Gasteiger partial charge in [0.25, 0.3) is 0 Å². The van der Waals surface area contributed by atoms with Crippen LogP contribution in [0.3, 0.4) is 0 Å². The quantitative estimate of drug-likeness (QED) is 0.605. The molecule has 0 saturated heterocycles. The molecule has 1 aliphatic rings. The van der Waals surface area contributed by atoms with E-state index in [0.717, 1.165) is 25.7 Å². The number of aliphatic hydroxyl groups is 2. The first-order valence-corrected chi connectivity index (χ1v) is 4.49. The molecule has 0 radical (unpaired) electrons. The van der Waals surface area contributed by atoms with Crippen LogP contribution >= 0.6 is 0 Å². The third-order valence-corrected chi connectivity index (χ3v) is 2.56. The maximum atomic E-state index is 9.87. The summed E-state index contributed by atoms with van der Waals surface area (Å²) >= 11 is 0. The lowest BCUT2D eigenvalue weighted by atomic mass is 9.93. The zero-order chi connectivity index (χ0) is 9.03. The lowest BCUT2D eigenvalue weighted by Crippen LogP contribution is -2.39. The zero-order valence-corrected chi connectivity index (χ0v) is 7.51. The minimum Gasteiger partial charge on any atom is -0.389 e. The molecule has 2 N–H and O–H groups in total. The highest BCUT2D eigenvalue weighted by Crippen LogP contribution is 2.33. The van der Waals surface area contributed by atoms with Gasteiger partial charge in [-0.3, -0.25) is 0 Å². The first-order chi connectivity index (χ1) is 5.69. The topological polar surface area (TPSA) is 40.5 Å². The van der Waals surface area contributed by atoms with E-state index in [1.807, 2.05) is 0 Å². The molecule has 2 heteroatoms. The number of rotatable bonds is 2. The molecule has 1 fully saturated rings. The Morgan fingerprint density at radius 2 is 2.00 bits per heavy atom. The smallest absolute Gasteiger partial charge is 0.0935 e. The van der Waals surface area contributed by atoms with Gasteiger partial charge in [0.2, 0.25) is 0 Å². The molecule has 0 spiro atoms. The highest BCUT2D eigenvalue weighted by molar-refractivity contribution is 5.02. The predicted molar refractivity (Wildman–Crippen MR) is 47.5 cm³/mol. The molecule has 0 heterocycles. The van der Waals surface area contributed by atoms with Crippen LogP contribution in [0.25, 0.3) is 0 Å². The standard InChI is InChI=1S/C10H16O2/c1-2-3-6-9(11)10(12)7-4-5-8-10/h9,11-12H,4-8H2,1H3. The first-order valence-electron chi connectivity index (χ1n) is 4.49. The fourth-order valence-electron chi connectivity index (χ4n) is 1.71. The maximum Gasteiger partial charge on any atom is 0.0935 e. The van der Waals surface area contributed by atoms with Crippen molar-refractivity contribution in [2.45, 2.75) is 50.7 Å². The summed E-state index contributed by atoms with van der Waals surface area (Å²) in [4.78, 5) is 0. The number of aliphatic hydroxyl groups excluding tert-OH is 1. The Hall–Kier alpha value is -0.520. The second kappa shape index (κ2) is 3.93. The highest BCUT2D eigenvalue weighted by Gasteiger charge is 2.37. The van der Waals surface area contributed by atoms with E-state index in [9.17, 15) is 10.2 Å². The van der Waals surface area contributed by atoms with Gasteiger partial charge in [-0.2, -0.15) is 0 Å². The Kier molecular flexibility index (Phi) is 3.13. The molecule has 1 rings (SSSR count). The molecule has 1 unspecified atom stereocenters. The minimum atomic E-state index is -0.843. The molecular formula is C10H16O2. The molecule has 0 aromatic carbocycles. The van der Waals surface area contributed by atoms with Gasteiger partial charge in [0.1, 0.15) is 0 Å². The third kappa shape index (κ3) is 2.00. The summed E-state index contributed by atoms with van der Waals surface area (Å²) in [7, 11) is 0. The summed E-state index contributed by atoms with van der Waals surface area (Å²) in [5, 5.41) is 19.5. The second-order valence-electron chi connectivity index (χ2n) is 3.46. The van der Waals surface area contributed by atoms with Gasteiger partial charge in [0.05, 0.1) is 11.7 Å². The average molecular weight is 168 g/mol. The van der Waals surface area contributed by atoms with Crippen LogP contribution in [0.15, 0.2) is 0 Å². The molecule has 1 atom stereocenters. The van der Waals surface area contributed by atoms with Crippen molar-refractivity contribution < 1.29 is 10.2 Å². The van der Waals surface area contributed by atoms with Crippen molar-refractivity contribution in [3.63, 3.8) is 0 Å². The van der Waals surface area contributed by atoms with Crippen LogP contribution in [0.5, 0.6) is 0 Å². The Bertz CT molecular complexity index is 194. The molecule has 0 bridgehead atoms. The van der Waals surface area contributed by atoms with Crippen molar-refractivity contribution in [2.75, 3.05) is 0 Å². The van der Waals surface area contributed by atoms with E-state index in [0.29, 0.717) is 6.42 Å². The van der Waals surface area contributed by atoms with Crippen molar-refractivity contribution in [1.29, 1.82) is 0 Å². The number of hydrogen-bond acceptors (Lipinski definition) is 2. The summed E-state index contributed by atoms with van der Waals surface area (Å²) in [6.45, 7) is 1.74. The molecule has 1 saturated carbocycles. The van der Waals surface area contributed by atoms with Gasteiger partial charge < -0.3 is 10.2 Å². The lowest BCUT2D eigenvalue weighted by molar-refractivity contribution is -0.0668. The molecule has 0 aromatic rings. The van der Waals surface area contributed by atoms with E-state index < -0.39 is 11.7 Å². The van der Waals surface area contributed by atoms with Crippen molar-refractivity contribution in [2.24, 2.45) is 0 Å². The van der Waals surface area contributed by atoms with Crippen LogP contribution in [0, 0.1) is 11.8 Å². The van der Waals surface area contributed by atoms with Gasteiger partial charge in [-0.15, -0.1) is 11.8 Å². The summed E-state index contributed by atoms with van der Waals surface area (Å²) < 4.78 is 0. The normalized spacial score (nSPS) is 22.9. The van der Waals surface area contributed by atoms with Gasteiger partial charge in [-0.25, -0.2) is 0 Å². The first kappa shape index (κ1) is 9.57. The molecule has 0 aliphatic heterocycles. The van der Waals surface area contributed by atoms with Crippen LogP contribution in [-0.4, -0.2) is 21.9 Å². The van der Waals surface area contributed by atoms with Crippen molar-refractivity contribution >= 4 is 0 Å². The minimum absolute atomic E-state index is 0.396. The second-order valence-corrected chi connectivity index (χ2v) is 3.46.